The second kappa shape index (κ2) is 17.6. The first kappa shape index (κ1) is 35.0. The van der Waals surface area contributed by atoms with Crippen molar-refractivity contribution in [2.24, 2.45) is 9.98 Å². The number of ether oxygens (including phenoxy) is 1. The molecule has 2 aliphatic rings. The molecule has 0 saturated carbocycles. The van der Waals surface area contributed by atoms with Gasteiger partial charge in [-0.3, -0.25) is 9.98 Å². The molecule has 0 spiro atoms. The van der Waals surface area contributed by atoms with Gasteiger partial charge in [0.25, 0.3) is 0 Å². The van der Waals surface area contributed by atoms with Crippen LogP contribution in [0.15, 0.2) is 80.6 Å². The van der Waals surface area contributed by atoms with Gasteiger partial charge < -0.3 is 15.0 Å². The average molecular weight is 603 g/mol. The monoisotopic (exact) mass is 602 g/mol. The number of aliphatic imine (C=N–C) groups is 2. The van der Waals surface area contributed by atoms with Crippen molar-refractivity contribution in [3.8, 4) is 0 Å². The van der Waals surface area contributed by atoms with Gasteiger partial charge in [0, 0.05) is 41.7 Å². The number of carbonyl (C=O) groups is 1. The first-order chi connectivity index (χ1) is 18.9. The Bertz CT molecular complexity index is 1150. The number of hydrogen-bond acceptors (Lipinski definition) is 6. The molecule has 1 unspecified atom stereocenters. The molecular weight excluding hydrogens is 568 g/mol. The quantitative estimate of drug-likeness (QED) is 0.258. The summed E-state index contributed by atoms with van der Waals surface area (Å²) >= 11 is 6.85. The van der Waals surface area contributed by atoms with Crippen molar-refractivity contribution in [1.82, 2.24) is 10.2 Å². The number of alkyl halides is 3. The second-order valence-electron chi connectivity index (χ2n) is 8.38. The number of amidine groups is 1. The van der Waals surface area contributed by atoms with E-state index >= 15 is 4.39 Å². The zero-order chi connectivity index (χ0) is 30.3. The van der Waals surface area contributed by atoms with E-state index in [4.69, 9.17) is 16.3 Å². The van der Waals surface area contributed by atoms with E-state index in [0.717, 1.165) is 28.8 Å². The van der Waals surface area contributed by atoms with Crippen LogP contribution in [-0.4, -0.2) is 68.4 Å². The van der Waals surface area contributed by atoms with Gasteiger partial charge in [0.2, 0.25) is 6.43 Å². The predicted molar refractivity (Wildman–Crippen MR) is 158 cm³/mol. The Labute approximate surface area is 242 Å². The Kier molecular flexibility index (Phi) is 15.4. The van der Waals surface area contributed by atoms with Gasteiger partial charge in [0.05, 0.1) is 18.8 Å². The lowest BCUT2D eigenvalue weighted by Gasteiger charge is -2.29. The number of nitrogens with one attached hydrogen (secondary N) is 1. The molecule has 220 valence electrons. The third-order valence-corrected chi connectivity index (χ3v) is 6.28. The lowest BCUT2D eigenvalue weighted by Crippen LogP contribution is -2.39. The molecule has 2 heterocycles. The van der Waals surface area contributed by atoms with Crippen LogP contribution in [0.3, 0.4) is 0 Å². The van der Waals surface area contributed by atoms with Crippen molar-refractivity contribution in [1.29, 1.82) is 0 Å². The first-order valence-electron chi connectivity index (χ1n) is 12.2. The number of alkyl carbamates (subject to hydrolysis) is 1. The van der Waals surface area contributed by atoms with Crippen LogP contribution >= 0.6 is 23.4 Å². The number of allylic oxidation sites excluding steroid dienone is 4. The highest BCUT2D eigenvalue weighted by Crippen LogP contribution is 2.40. The van der Waals surface area contributed by atoms with Crippen molar-refractivity contribution >= 4 is 41.0 Å². The lowest BCUT2D eigenvalue weighted by atomic mass is 10.00. The minimum absolute atomic E-state index is 0.0455. The van der Waals surface area contributed by atoms with Crippen LogP contribution in [0.1, 0.15) is 27.2 Å². The molecule has 0 radical (unpaired) electrons. The summed E-state index contributed by atoms with van der Waals surface area (Å²) in [5.74, 6) is 0.356. The summed E-state index contributed by atoms with van der Waals surface area (Å²) in [7, 11) is 3.15. The molecule has 1 fully saturated rings. The lowest BCUT2D eigenvalue weighted by molar-refractivity contribution is 0.0588. The van der Waals surface area contributed by atoms with E-state index in [1.807, 2.05) is 42.4 Å². The van der Waals surface area contributed by atoms with E-state index in [1.54, 1.807) is 19.2 Å². The van der Waals surface area contributed by atoms with Gasteiger partial charge in [-0.1, -0.05) is 48.2 Å². The van der Waals surface area contributed by atoms with Crippen molar-refractivity contribution in [3.63, 3.8) is 0 Å². The number of amides is 1. The normalized spacial score (nSPS) is 18.6. The molecule has 2 aliphatic heterocycles. The molecule has 1 N–H and O–H groups in total. The van der Waals surface area contributed by atoms with E-state index < -0.39 is 18.2 Å². The maximum atomic E-state index is 15.6. The summed E-state index contributed by atoms with van der Waals surface area (Å²) in [5.41, 5.74) is 0.758. The fourth-order valence-electron chi connectivity index (χ4n) is 3.60. The Morgan fingerprint density at radius 3 is 2.55 bits per heavy atom. The van der Waals surface area contributed by atoms with E-state index in [2.05, 4.69) is 21.9 Å². The van der Waals surface area contributed by atoms with Gasteiger partial charge >= 0.3 is 6.09 Å². The van der Waals surface area contributed by atoms with Crippen molar-refractivity contribution in [3.05, 3.63) is 81.5 Å². The summed E-state index contributed by atoms with van der Waals surface area (Å²) in [6.07, 6.45) is 3.01. The smallest absolute Gasteiger partial charge is 0.406 e. The van der Waals surface area contributed by atoms with Gasteiger partial charge in [-0.15, -0.1) is 0 Å². The number of rotatable bonds is 7. The molecule has 0 bridgehead atoms. The molecule has 0 aliphatic carbocycles. The molecule has 1 saturated heterocycles. The first-order valence-corrected chi connectivity index (χ1v) is 13.5. The average Bonchev–Trinajstić information content (AvgIpc) is 3.26. The van der Waals surface area contributed by atoms with Gasteiger partial charge in [-0.2, -0.15) is 0 Å². The largest absolute Gasteiger partial charge is 0.446 e. The highest BCUT2D eigenvalue weighted by atomic mass is 35.5. The number of halogens is 5. The van der Waals surface area contributed by atoms with Crippen LogP contribution in [0.5, 0.6) is 0 Å². The maximum Gasteiger partial charge on any atom is 0.406 e. The number of benzene rings is 1. The van der Waals surface area contributed by atoms with E-state index in [9.17, 15) is 18.0 Å². The van der Waals surface area contributed by atoms with Crippen LogP contribution < -0.4 is 5.32 Å². The summed E-state index contributed by atoms with van der Waals surface area (Å²) in [6, 6.07) is 5.82. The van der Waals surface area contributed by atoms with E-state index in [1.165, 1.54) is 30.9 Å². The number of carbonyl (C=O) groups excluding carboxylic acids is 1. The predicted octanol–water partition coefficient (Wildman–Crippen LogP) is 7.60. The van der Waals surface area contributed by atoms with Gasteiger partial charge in [-0.05, 0) is 50.5 Å². The minimum Gasteiger partial charge on any atom is -0.446 e. The molecule has 1 amide bonds. The van der Waals surface area contributed by atoms with Gasteiger partial charge in [-0.25, -0.2) is 22.4 Å². The van der Waals surface area contributed by atoms with Crippen LogP contribution in [-0.2, 0) is 4.74 Å². The fraction of sp³-hybridized carbons (Fsp3) is 0.393. The third kappa shape index (κ3) is 11.6. The second-order valence-corrected chi connectivity index (χ2v) is 9.82. The maximum absolute atomic E-state index is 15.6. The van der Waals surface area contributed by atoms with Gasteiger partial charge in [0.15, 0.2) is 5.67 Å². The Balaban J connectivity index is 0.000000550. The summed E-state index contributed by atoms with van der Waals surface area (Å²) in [6.45, 7) is 8.88. The molecular formula is C28H35ClF4N4O2S. The zero-order valence-corrected chi connectivity index (χ0v) is 24.8. The van der Waals surface area contributed by atoms with Crippen molar-refractivity contribution < 1.29 is 27.1 Å². The summed E-state index contributed by atoms with van der Waals surface area (Å²) in [4.78, 5) is 23.0. The third-order valence-electron chi connectivity index (χ3n) is 5.17. The molecule has 6 nitrogen and oxygen atoms in total. The van der Waals surface area contributed by atoms with Crippen LogP contribution in [0.2, 0.25) is 5.02 Å². The Morgan fingerprint density at radius 2 is 2.05 bits per heavy atom. The Hall–Kier alpha value is -3.05. The number of fused-ring (bicyclic) bond motifs is 1. The number of hydrogen-bond donors (Lipinski definition) is 1. The molecule has 12 heteroatoms. The highest BCUT2D eigenvalue weighted by molar-refractivity contribution is 8.06. The number of nitrogens with zero attached hydrogens (tertiary/aromatic N) is 3. The zero-order valence-electron chi connectivity index (χ0n) is 23.2. The van der Waals surface area contributed by atoms with Crippen LogP contribution in [0.4, 0.5) is 22.4 Å². The van der Waals surface area contributed by atoms with E-state index in [-0.39, 0.29) is 25.4 Å². The minimum atomic E-state index is -2.17. The van der Waals surface area contributed by atoms with Crippen molar-refractivity contribution in [2.75, 3.05) is 33.8 Å². The Morgan fingerprint density at radius 1 is 1.38 bits per heavy atom. The standard InChI is InChI=1S/C20H27FN4O2S.C6H4ClF.C2H4F2/c1-6-8-16(22-4)15-11-24-18(14(3)28-9-7-2)25-12-20(21,10-17(15)25)13-27-19(26)23-5;7-5-2-1-3-6(8)4-5;1-2(3)4/h6-9H,3,10-13H2,1-2,4-5H3,(H,23,26);1-4H;2H,1H3/b8-6-,9-7-,22-16?;;. The number of thioether (sulfide) groups is 1. The highest BCUT2D eigenvalue weighted by Gasteiger charge is 2.47. The summed E-state index contributed by atoms with van der Waals surface area (Å²) in [5, 5.41) is 4.69. The topological polar surface area (TPSA) is 66.3 Å². The van der Waals surface area contributed by atoms with Crippen LogP contribution in [0, 0.1) is 5.82 Å². The molecule has 1 atom stereocenters. The summed E-state index contributed by atoms with van der Waals surface area (Å²) < 4.78 is 53.3. The molecule has 40 heavy (non-hydrogen) atoms. The molecule has 0 aromatic heterocycles. The van der Waals surface area contributed by atoms with Crippen LogP contribution in [0.25, 0.3) is 0 Å². The molecule has 3 rings (SSSR count). The van der Waals surface area contributed by atoms with Gasteiger partial charge in [0.1, 0.15) is 18.3 Å². The molecule has 1 aromatic carbocycles. The fourth-order valence-corrected chi connectivity index (χ4v) is 4.35. The molecule has 1 aromatic rings. The van der Waals surface area contributed by atoms with Crippen molar-refractivity contribution in [2.45, 2.75) is 39.3 Å². The SMILES string of the molecule is C=C(S/C=C\C)C1=NCC(C(/C=C\C)=NC)=C2CC(F)(COC(=O)NC)CN12.CC(F)F.Fc1cccc(Cl)c1. The van der Waals surface area contributed by atoms with E-state index in [0.29, 0.717) is 17.4 Å².